The first-order valence-corrected chi connectivity index (χ1v) is 7.36. The summed E-state index contributed by atoms with van der Waals surface area (Å²) in [6.07, 6.45) is 2.55. The van der Waals surface area contributed by atoms with Gasteiger partial charge in [0.05, 0.1) is 0 Å². The summed E-state index contributed by atoms with van der Waals surface area (Å²) in [5.41, 5.74) is 8.46. The molecule has 0 saturated heterocycles. The minimum atomic E-state index is -0.0340. The van der Waals surface area contributed by atoms with Crippen LogP contribution in [0.4, 0.5) is 0 Å². The fraction of sp³-hybridized carbons (Fsp3) is 0.118. The van der Waals surface area contributed by atoms with Gasteiger partial charge in [-0.2, -0.15) is 0 Å². The molecule has 2 nitrogen and oxygen atoms in total. The lowest BCUT2D eigenvalue weighted by Gasteiger charge is -2.12. The van der Waals surface area contributed by atoms with Gasteiger partial charge in [-0.3, -0.25) is 4.98 Å². The Hall–Kier alpha value is -1.71. The number of fused-ring (bicyclic) bond motifs is 1. The normalized spacial score (nSPS) is 12.5. The molecule has 2 N–H and O–H groups in total. The number of nitrogens with zero attached hydrogens (tertiary/aromatic N) is 1. The number of nitrogens with two attached hydrogens (primary N) is 1. The predicted octanol–water partition coefficient (Wildman–Crippen LogP) is 4.24. The Morgan fingerprint density at radius 3 is 2.55 bits per heavy atom. The third-order valence-electron chi connectivity index (χ3n) is 3.42. The molecule has 0 aliphatic rings. The van der Waals surface area contributed by atoms with Gasteiger partial charge in [-0.1, -0.05) is 36.4 Å². The summed E-state index contributed by atoms with van der Waals surface area (Å²) in [7, 11) is 0. The van der Waals surface area contributed by atoms with Gasteiger partial charge in [-0.15, -0.1) is 0 Å². The Morgan fingerprint density at radius 2 is 1.80 bits per heavy atom. The van der Waals surface area contributed by atoms with Crippen LogP contribution < -0.4 is 5.73 Å². The van der Waals surface area contributed by atoms with Crippen LogP contribution in [0.3, 0.4) is 0 Å². The van der Waals surface area contributed by atoms with E-state index >= 15 is 0 Å². The highest BCUT2D eigenvalue weighted by molar-refractivity contribution is 9.10. The quantitative estimate of drug-likeness (QED) is 0.781. The molecule has 1 atom stereocenters. The fourth-order valence-electron chi connectivity index (χ4n) is 2.31. The standard InChI is InChI=1S/C17H15BrN2/c18-15-7-8-16(20-11-15)10-17(19)14-6-5-12-3-1-2-4-13(12)9-14/h1-9,11,17H,10,19H2. The van der Waals surface area contributed by atoms with Crippen molar-refractivity contribution in [1.29, 1.82) is 0 Å². The van der Waals surface area contributed by atoms with Crippen LogP contribution in [-0.2, 0) is 6.42 Å². The molecule has 1 heterocycles. The summed E-state index contributed by atoms with van der Waals surface area (Å²) in [5.74, 6) is 0. The lowest BCUT2D eigenvalue weighted by atomic mass is 9.99. The molecule has 0 aliphatic carbocycles. The minimum Gasteiger partial charge on any atom is -0.324 e. The maximum Gasteiger partial charge on any atom is 0.0423 e. The van der Waals surface area contributed by atoms with Gasteiger partial charge in [0.25, 0.3) is 0 Å². The monoisotopic (exact) mass is 326 g/mol. The third kappa shape index (κ3) is 2.89. The van der Waals surface area contributed by atoms with E-state index in [1.165, 1.54) is 10.8 Å². The van der Waals surface area contributed by atoms with Crippen LogP contribution in [0.15, 0.2) is 65.3 Å². The summed E-state index contributed by atoms with van der Waals surface area (Å²) in [4.78, 5) is 4.38. The number of hydrogen-bond donors (Lipinski definition) is 1. The number of pyridine rings is 1. The second kappa shape index (κ2) is 5.73. The number of hydrogen-bond acceptors (Lipinski definition) is 2. The zero-order valence-corrected chi connectivity index (χ0v) is 12.5. The van der Waals surface area contributed by atoms with Crippen molar-refractivity contribution in [2.45, 2.75) is 12.5 Å². The first-order chi connectivity index (χ1) is 9.72. The Balaban J connectivity index is 1.84. The van der Waals surface area contributed by atoms with E-state index in [2.05, 4.69) is 51.2 Å². The number of benzene rings is 2. The van der Waals surface area contributed by atoms with Crippen molar-refractivity contribution in [2.75, 3.05) is 0 Å². The van der Waals surface area contributed by atoms with E-state index in [1.54, 1.807) is 0 Å². The molecule has 20 heavy (non-hydrogen) atoms. The van der Waals surface area contributed by atoms with Gasteiger partial charge >= 0.3 is 0 Å². The van der Waals surface area contributed by atoms with Crippen LogP contribution in [0.1, 0.15) is 17.3 Å². The van der Waals surface area contributed by atoms with Gasteiger partial charge in [0.15, 0.2) is 0 Å². The summed E-state index contributed by atoms with van der Waals surface area (Å²) in [6.45, 7) is 0. The van der Waals surface area contributed by atoms with Crippen LogP contribution >= 0.6 is 15.9 Å². The zero-order chi connectivity index (χ0) is 13.9. The van der Waals surface area contributed by atoms with Crippen LogP contribution in [0.2, 0.25) is 0 Å². The number of halogens is 1. The maximum atomic E-state index is 6.30. The highest BCUT2D eigenvalue weighted by Gasteiger charge is 2.08. The number of rotatable bonds is 3. The second-order valence-electron chi connectivity index (χ2n) is 4.88. The van der Waals surface area contributed by atoms with Crippen molar-refractivity contribution >= 4 is 26.7 Å². The largest absolute Gasteiger partial charge is 0.324 e. The van der Waals surface area contributed by atoms with Gasteiger partial charge in [0, 0.05) is 28.8 Å². The van der Waals surface area contributed by atoms with E-state index in [0.29, 0.717) is 0 Å². The molecule has 100 valence electrons. The van der Waals surface area contributed by atoms with Crippen molar-refractivity contribution in [3.63, 3.8) is 0 Å². The van der Waals surface area contributed by atoms with E-state index in [-0.39, 0.29) is 6.04 Å². The maximum absolute atomic E-state index is 6.30. The first kappa shape index (κ1) is 13.3. The molecule has 0 radical (unpaired) electrons. The van der Waals surface area contributed by atoms with E-state index in [1.807, 2.05) is 30.5 Å². The highest BCUT2D eigenvalue weighted by Crippen LogP contribution is 2.21. The van der Waals surface area contributed by atoms with Crippen LogP contribution in [0.5, 0.6) is 0 Å². The first-order valence-electron chi connectivity index (χ1n) is 6.57. The van der Waals surface area contributed by atoms with Gasteiger partial charge in [-0.25, -0.2) is 0 Å². The molecule has 0 fully saturated rings. The van der Waals surface area contributed by atoms with E-state index in [9.17, 15) is 0 Å². The highest BCUT2D eigenvalue weighted by atomic mass is 79.9. The molecule has 0 spiro atoms. The second-order valence-corrected chi connectivity index (χ2v) is 5.80. The lowest BCUT2D eigenvalue weighted by Crippen LogP contribution is -2.14. The van der Waals surface area contributed by atoms with Gasteiger partial charge < -0.3 is 5.73 Å². The molecule has 3 rings (SSSR count). The van der Waals surface area contributed by atoms with Crippen molar-refractivity contribution in [2.24, 2.45) is 5.73 Å². The lowest BCUT2D eigenvalue weighted by molar-refractivity contribution is 0.707. The SMILES string of the molecule is NC(Cc1ccc(Br)cn1)c1ccc2ccccc2c1. The number of aromatic nitrogens is 1. The topological polar surface area (TPSA) is 38.9 Å². The molecule has 3 heteroatoms. The van der Waals surface area contributed by atoms with E-state index < -0.39 is 0 Å². The van der Waals surface area contributed by atoms with Crippen LogP contribution in [-0.4, -0.2) is 4.98 Å². The summed E-state index contributed by atoms with van der Waals surface area (Å²) < 4.78 is 0.987. The van der Waals surface area contributed by atoms with Gasteiger partial charge in [0.1, 0.15) is 0 Å². The van der Waals surface area contributed by atoms with Crippen LogP contribution in [0, 0.1) is 0 Å². The van der Waals surface area contributed by atoms with Crippen molar-refractivity contribution < 1.29 is 0 Å². The zero-order valence-electron chi connectivity index (χ0n) is 11.0. The van der Waals surface area contributed by atoms with Gasteiger partial charge in [0.2, 0.25) is 0 Å². The smallest absolute Gasteiger partial charge is 0.0423 e. The molecule has 0 aliphatic heterocycles. The minimum absolute atomic E-state index is 0.0340. The molecule has 1 aromatic heterocycles. The summed E-state index contributed by atoms with van der Waals surface area (Å²) >= 11 is 3.39. The average molecular weight is 327 g/mol. The van der Waals surface area contributed by atoms with Crippen molar-refractivity contribution in [1.82, 2.24) is 4.98 Å². The average Bonchev–Trinajstić information content (AvgIpc) is 2.49. The molecule has 0 saturated carbocycles. The predicted molar refractivity (Wildman–Crippen MR) is 86.5 cm³/mol. The molecule has 3 aromatic rings. The van der Waals surface area contributed by atoms with E-state index in [0.717, 1.165) is 22.2 Å². The molecule has 0 bridgehead atoms. The molecule has 0 amide bonds. The Morgan fingerprint density at radius 1 is 1.00 bits per heavy atom. The Labute approximate surface area is 126 Å². The molecule has 1 unspecified atom stereocenters. The van der Waals surface area contributed by atoms with Gasteiger partial charge in [-0.05, 0) is 50.5 Å². The molecular weight excluding hydrogens is 312 g/mol. The van der Waals surface area contributed by atoms with Crippen molar-refractivity contribution in [3.05, 3.63) is 76.5 Å². The Kier molecular flexibility index (Phi) is 3.81. The third-order valence-corrected chi connectivity index (χ3v) is 3.89. The molecule has 2 aromatic carbocycles. The van der Waals surface area contributed by atoms with Crippen molar-refractivity contribution in [3.8, 4) is 0 Å². The Bertz CT molecular complexity index is 722. The van der Waals surface area contributed by atoms with E-state index in [4.69, 9.17) is 5.73 Å². The molecular formula is C17H15BrN2. The summed E-state index contributed by atoms with van der Waals surface area (Å²) in [6, 6.07) is 18.7. The van der Waals surface area contributed by atoms with Crippen LogP contribution in [0.25, 0.3) is 10.8 Å². The summed E-state index contributed by atoms with van der Waals surface area (Å²) in [5, 5.41) is 2.47. The fourth-order valence-corrected chi connectivity index (χ4v) is 2.54.